The number of fused-ring (bicyclic) bond motifs is 1. The highest BCUT2D eigenvalue weighted by Gasteiger charge is 2.18. The van der Waals surface area contributed by atoms with Gasteiger partial charge in [0.1, 0.15) is 0 Å². The van der Waals surface area contributed by atoms with Crippen LogP contribution >= 0.6 is 11.6 Å². The highest BCUT2D eigenvalue weighted by molar-refractivity contribution is 6.29. The summed E-state index contributed by atoms with van der Waals surface area (Å²) in [5.74, 6) is 0. The molecule has 0 spiro atoms. The smallest absolute Gasteiger partial charge is 0.308 e. The van der Waals surface area contributed by atoms with Gasteiger partial charge >= 0.3 is 5.69 Å². The van der Waals surface area contributed by atoms with Gasteiger partial charge in [0.05, 0.1) is 4.92 Å². The summed E-state index contributed by atoms with van der Waals surface area (Å²) in [5.41, 5.74) is 0.387. The van der Waals surface area contributed by atoms with Crippen LogP contribution in [0.25, 0.3) is 11.2 Å². The molecule has 3 aromatic rings. The van der Waals surface area contributed by atoms with E-state index in [1.807, 2.05) is 0 Å². The summed E-state index contributed by atoms with van der Waals surface area (Å²) >= 11 is 6.15. The van der Waals surface area contributed by atoms with Gasteiger partial charge in [-0.2, -0.15) is 4.98 Å². The lowest BCUT2D eigenvalue weighted by atomic mass is 10.1. The number of rotatable bonds is 4. The number of non-ortho nitro benzene ring substituents is 1. The molecule has 9 nitrogen and oxygen atoms in total. The Morgan fingerprint density at radius 3 is 2.40 bits per heavy atom. The van der Waals surface area contributed by atoms with Gasteiger partial charge in [0, 0.05) is 32.8 Å². The minimum absolute atomic E-state index is 0.0127. The summed E-state index contributed by atoms with van der Waals surface area (Å²) in [6.07, 6.45) is 0.495. The molecule has 130 valence electrons. The molecule has 25 heavy (non-hydrogen) atoms. The highest BCUT2D eigenvalue weighted by Crippen LogP contribution is 2.18. The summed E-state index contributed by atoms with van der Waals surface area (Å²) < 4.78 is 3.81. The van der Waals surface area contributed by atoms with Gasteiger partial charge in [-0.1, -0.05) is 12.1 Å². The predicted octanol–water partition coefficient (Wildman–Crippen LogP) is 1.24. The van der Waals surface area contributed by atoms with E-state index in [1.54, 1.807) is 16.7 Å². The predicted molar refractivity (Wildman–Crippen MR) is 92.0 cm³/mol. The van der Waals surface area contributed by atoms with Gasteiger partial charge in [-0.25, -0.2) is 4.79 Å². The summed E-state index contributed by atoms with van der Waals surface area (Å²) in [4.78, 5) is 38.7. The van der Waals surface area contributed by atoms with E-state index in [0.717, 1.165) is 10.1 Å². The number of nitro groups is 1. The third kappa shape index (κ3) is 2.82. The van der Waals surface area contributed by atoms with Crippen LogP contribution in [0.3, 0.4) is 0 Å². The third-order valence-corrected chi connectivity index (χ3v) is 4.36. The van der Waals surface area contributed by atoms with Crippen molar-refractivity contribution in [2.45, 2.75) is 13.0 Å². The van der Waals surface area contributed by atoms with Crippen molar-refractivity contribution in [3.8, 4) is 0 Å². The second-order valence-corrected chi connectivity index (χ2v) is 5.92. The maximum absolute atomic E-state index is 12.4. The Hall–Kier alpha value is -2.94. The standard InChI is InChI=1S/C15H14ClN5O4/c1-18-12-11(13(22)19(2)15(18)23)20(14(16)17-12)8-7-9-3-5-10(6-4-9)21(24)25/h3-6H,7-8H2,1-2H3. The molecule has 1 aromatic carbocycles. The van der Waals surface area contributed by atoms with Gasteiger partial charge < -0.3 is 4.57 Å². The van der Waals surface area contributed by atoms with Gasteiger partial charge in [0.25, 0.3) is 11.2 Å². The van der Waals surface area contributed by atoms with Crippen LogP contribution in [0.1, 0.15) is 5.56 Å². The van der Waals surface area contributed by atoms with Crippen molar-refractivity contribution in [1.29, 1.82) is 0 Å². The molecule has 0 saturated heterocycles. The highest BCUT2D eigenvalue weighted by atomic mass is 35.5. The summed E-state index contributed by atoms with van der Waals surface area (Å²) in [5, 5.41) is 10.8. The fourth-order valence-corrected chi connectivity index (χ4v) is 2.90. The normalized spacial score (nSPS) is 11.2. The van der Waals surface area contributed by atoms with Crippen molar-refractivity contribution in [2.75, 3.05) is 0 Å². The molecule has 2 heterocycles. The van der Waals surface area contributed by atoms with Crippen LogP contribution in [-0.2, 0) is 27.1 Å². The molecule has 0 aliphatic heterocycles. The van der Waals surface area contributed by atoms with Crippen molar-refractivity contribution in [3.05, 3.63) is 66.1 Å². The molecule has 3 rings (SSSR count). The van der Waals surface area contributed by atoms with E-state index in [9.17, 15) is 19.7 Å². The fourth-order valence-electron chi connectivity index (χ4n) is 2.65. The number of nitro benzene ring substituents is 1. The number of imidazole rings is 1. The maximum atomic E-state index is 12.4. The number of hydrogen-bond acceptors (Lipinski definition) is 5. The molecule has 0 aliphatic rings. The number of aromatic nitrogens is 4. The van der Waals surface area contributed by atoms with Crippen LogP contribution in [0.5, 0.6) is 0 Å². The molecule has 10 heteroatoms. The second kappa shape index (κ2) is 6.17. The molecule has 0 unspecified atom stereocenters. The monoisotopic (exact) mass is 363 g/mol. The van der Waals surface area contributed by atoms with E-state index in [1.165, 1.54) is 30.8 Å². The van der Waals surface area contributed by atoms with Crippen LogP contribution < -0.4 is 11.2 Å². The Morgan fingerprint density at radius 2 is 1.80 bits per heavy atom. The van der Waals surface area contributed by atoms with Crippen LogP contribution in [0.2, 0.25) is 5.28 Å². The van der Waals surface area contributed by atoms with Crippen molar-refractivity contribution >= 4 is 28.5 Å². The zero-order valence-corrected chi connectivity index (χ0v) is 14.2. The molecule has 0 atom stereocenters. The van der Waals surface area contributed by atoms with Gasteiger partial charge in [0.2, 0.25) is 5.28 Å². The molecule has 0 fully saturated rings. The van der Waals surface area contributed by atoms with E-state index < -0.39 is 16.2 Å². The van der Waals surface area contributed by atoms with E-state index >= 15 is 0 Å². The Kier molecular flexibility index (Phi) is 4.17. The molecule has 2 aromatic heterocycles. The molecular weight excluding hydrogens is 350 g/mol. The van der Waals surface area contributed by atoms with Gasteiger partial charge in [-0.15, -0.1) is 0 Å². The average molecular weight is 364 g/mol. The first kappa shape index (κ1) is 16.9. The van der Waals surface area contributed by atoms with E-state index in [2.05, 4.69) is 4.98 Å². The lowest BCUT2D eigenvalue weighted by molar-refractivity contribution is -0.384. The zero-order valence-electron chi connectivity index (χ0n) is 13.5. The minimum atomic E-state index is -0.478. The first-order chi connectivity index (χ1) is 11.8. The summed E-state index contributed by atoms with van der Waals surface area (Å²) in [6, 6.07) is 6.15. The van der Waals surface area contributed by atoms with Gasteiger partial charge in [0.15, 0.2) is 11.2 Å². The van der Waals surface area contributed by atoms with Crippen molar-refractivity contribution < 1.29 is 4.92 Å². The first-order valence-corrected chi connectivity index (χ1v) is 7.74. The van der Waals surface area contributed by atoms with Crippen LogP contribution in [0, 0.1) is 10.1 Å². The molecule has 0 N–H and O–H groups in total. The molecule has 0 aliphatic carbocycles. The Labute approximate surface area is 145 Å². The minimum Gasteiger partial charge on any atom is -0.308 e. The number of nitrogens with zero attached hydrogens (tertiary/aromatic N) is 5. The van der Waals surface area contributed by atoms with E-state index in [4.69, 9.17) is 11.6 Å². The number of hydrogen-bond donors (Lipinski definition) is 0. The zero-order chi connectivity index (χ0) is 18.3. The van der Waals surface area contributed by atoms with Crippen LogP contribution in [-0.4, -0.2) is 23.6 Å². The van der Waals surface area contributed by atoms with E-state index in [0.29, 0.717) is 13.0 Å². The Morgan fingerprint density at radius 1 is 1.16 bits per heavy atom. The molecule has 0 bridgehead atoms. The summed E-state index contributed by atoms with van der Waals surface area (Å²) in [7, 11) is 2.92. The van der Waals surface area contributed by atoms with Crippen molar-refractivity contribution in [1.82, 2.24) is 18.7 Å². The molecule has 0 amide bonds. The van der Waals surface area contributed by atoms with Crippen LogP contribution in [0.15, 0.2) is 33.9 Å². The number of halogens is 1. The number of aryl methyl sites for hydroxylation is 3. The van der Waals surface area contributed by atoms with E-state index in [-0.39, 0.29) is 22.1 Å². The molecular formula is C15H14ClN5O4. The van der Waals surface area contributed by atoms with Crippen molar-refractivity contribution in [3.63, 3.8) is 0 Å². The Bertz CT molecular complexity index is 1090. The Balaban J connectivity index is 1.99. The van der Waals surface area contributed by atoms with Gasteiger partial charge in [-0.05, 0) is 23.6 Å². The average Bonchev–Trinajstić information content (AvgIpc) is 2.93. The summed E-state index contributed by atoms with van der Waals surface area (Å²) in [6.45, 7) is 0.348. The first-order valence-electron chi connectivity index (χ1n) is 7.36. The number of benzene rings is 1. The lowest BCUT2D eigenvalue weighted by Crippen LogP contribution is -2.37. The maximum Gasteiger partial charge on any atom is 0.332 e. The third-order valence-electron chi connectivity index (χ3n) is 4.07. The molecule has 0 saturated carbocycles. The SMILES string of the molecule is Cn1c(=O)c2c(nc(Cl)n2CCc2ccc([N+](=O)[O-])cc2)n(C)c1=O. The fraction of sp³-hybridized carbons (Fsp3) is 0.267. The van der Waals surface area contributed by atoms with Gasteiger partial charge in [-0.3, -0.25) is 24.0 Å². The lowest BCUT2D eigenvalue weighted by Gasteiger charge is -2.07. The second-order valence-electron chi connectivity index (χ2n) is 5.58. The van der Waals surface area contributed by atoms with Crippen molar-refractivity contribution in [2.24, 2.45) is 14.1 Å². The van der Waals surface area contributed by atoms with Crippen LogP contribution in [0.4, 0.5) is 5.69 Å². The molecule has 0 radical (unpaired) electrons. The topological polar surface area (TPSA) is 105 Å². The quantitative estimate of drug-likeness (QED) is 0.394. The largest absolute Gasteiger partial charge is 0.332 e.